The quantitative estimate of drug-likeness (QED) is 0.547. The van der Waals surface area contributed by atoms with Crippen molar-refractivity contribution in [2.75, 3.05) is 13.1 Å². The molecule has 160 valence electrons. The van der Waals surface area contributed by atoms with Gasteiger partial charge >= 0.3 is 0 Å². The van der Waals surface area contributed by atoms with E-state index in [1.165, 1.54) is 5.56 Å². The number of carbonyl (C=O) groups is 1. The predicted molar refractivity (Wildman–Crippen MR) is 124 cm³/mol. The molecule has 1 heterocycles. The monoisotopic (exact) mass is 434 g/mol. The molecule has 5 heteroatoms. The minimum atomic E-state index is -0.0868. The van der Waals surface area contributed by atoms with E-state index in [-0.39, 0.29) is 11.9 Å². The molecule has 1 aliphatic rings. The molecule has 1 N–H and O–H groups in total. The number of benzene rings is 3. The molecule has 4 rings (SSSR count). The largest absolute Gasteiger partial charge is 0.488 e. The maximum absolute atomic E-state index is 13.0. The standard InChI is InChI=1S/C26H27ClN2O2/c27-24-12-6-4-10-21(24)19-31-25-13-7-5-11-23(25)26(30)28-22-14-16-29(17-15-22)18-20-8-2-1-3-9-20/h1-13,22H,14-19H2,(H,28,30). The Morgan fingerprint density at radius 1 is 0.935 bits per heavy atom. The summed E-state index contributed by atoms with van der Waals surface area (Å²) in [5.74, 6) is 0.484. The lowest BCUT2D eigenvalue weighted by atomic mass is 10.0. The van der Waals surface area contributed by atoms with Crippen LogP contribution in [0, 0.1) is 0 Å². The van der Waals surface area contributed by atoms with E-state index in [2.05, 4.69) is 34.5 Å². The summed E-state index contributed by atoms with van der Waals surface area (Å²) in [7, 11) is 0. The maximum atomic E-state index is 13.0. The Hall–Kier alpha value is -2.82. The second-order valence-electron chi connectivity index (χ2n) is 7.89. The molecule has 3 aromatic carbocycles. The number of carbonyl (C=O) groups excluding carboxylic acids is 1. The molecule has 3 aromatic rings. The fourth-order valence-corrected chi connectivity index (χ4v) is 4.08. The fraction of sp³-hybridized carbons (Fsp3) is 0.269. The summed E-state index contributed by atoms with van der Waals surface area (Å²) in [6.07, 6.45) is 1.89. The molecule has 0 saturated carbocycles. The Morgan fingerprint density at radius 2 is 1.61 bits per heavy atom. The van der Waals surface area contributed by atoms with Gasteiger partial charge in [-0.15, -0.1) is 0 Å². The van der Waals surface area contributed by atoms with E-state index in [0.717, 1.165) is 38.0 Å². The van der Waals surface area contributed by atoms with E-state index in [9.17, 15) is 4.79 Å². The van der Waals surface area contributed by atoms with Gasteiger partial charge in [-0.05, 0) is 36.6 Å². The number of piperidine rings is 1. The van der Waals surface area contributed by atoms with Crippen molar-refractivity contribution >= 4 is 17.5 Å². The van der Waals surface area contributed by atoms with Gasteiger partial charge in [-0.25, -0.2) is 0 Å². The highest BCUT2D eigenvalue weighted by molar-refractivity contribution is 6.31. The predicted octanol–water partition coefficient (Wildman–Crippen LogP) is 5.31. The molecule has 1 amide bonds. The normalized spacial score (nSPS) is 14.9. The third-order valence-corrected chi connectivity index (χ3v) is 6.01. The summed E-state index contributed by atoms with van der Waals surface area (Å²) in [6.45, 7) is 3.23. The number of para-hydroxylation sites is 1. The molecule has 0 radical (unpaired) electrons. The Labute approximate surface area is 188 Å². The average Bonchev–Trinajstić information content (AvgIpc) is 2.81. The molecular formula is C26H27ClN2O2. The number of amides is 1. The molecule has 1 fully saturated rings. The van der Waals surface area contributed by atoms with Gasteiger partial charge in [0, 0.05) is 36.3 Å². The van der Waals surface area contributed by atoms with Crippen molar-refractivity contribution in [1.29, 1.82) is 0 Å². The van der Waals surface area contributed by atoms with E-state index < -0.39 is 0 Å². The van der Waals surface area contributed by atoms with Gasteiger partial charge in [-0.3, -0.25) is 9.69 Å². The van der Waals surface area contributed by atoms with Crippen LogP contribution in [0.5, 0.6) is 5.75 Å². The lowest BCUT2D eigenvalue weighted by Crippen LogP contribution is -2.44. The Balaban J connectivity index is 1.31. The zero-order valence-corrected chi connectivity index (χ0v) is 18.2. The zero-order chi connectivity index (χ0) is 21.5. The van der Waals surface area contributed by atoms with Crippen LogP contribution in [0.4, 0.5) is 0 Å². The van der Waals surface area contributed by atoms with E-state index in [4.69, 9.17) is 16.3 Å². The van der Waals surface area contributed by atoms with E-state index in [1.807, 2.05) is 54.6 Å². The highest BCUT2D eigenvalue weighted by Crippen LogP contribution is 2.23. The molecule has 0 unspecified atom stereocenters. The summed E-state index contributed by atoms with van der Waals surface area (Å²) in [4.78, 5) is 15.4. The molecule has 0 spiro atoms. The van der Waals surface area contributed by atoms with Crippen molar-refractivity contribution in [2.45, 2.75) is 32.0 Å². The van der Waals surface area contributed by atoms with Crippen LogP contribution in [0.25, 0.3) is 0 Å². The third-order valence-electron chi connectivity index (χ3n) is 5.64. The smallest absolute Gasteiger partial charge is 0.255 e. The molecule has 0 bridgehead atoms. The van der Waals surface area contributed by atoms with Gasteiger partial charge in [-0.2, -0.15) is 0 Å². The van der Waals surface area contributed by atoms with Gasteiger partial charge in [0.15, 0.2) is 0 Å². The fourth-order valence-electron chi connectivity index (χ4n) is 3.89. The summed E-state index contributed by atoms with van der Waals surface area (Å²) < 4.78 is 5.94. The van der Waals surface area contributed by atoms with Crippen molar-refractivity contribution in [3.05, 3.63) is 101 Å². The highest BCUT2D eigenvalue weighted by Gasteiger charge is 2.22. The number of hydrogen-bond donors (Lipinski definition) is 1. The van der Waals surface area contributed by atoms with Crippen molar-refractivity contribution in [3.8, 4) is 5.75 Å². The average molecular weight is 435 g/mol. The SMILES string of the molecule is O=C(NC1CCN(Cc2ccccc2)CC1)c1ccccc1OCc1ccccc1Cl. The Bertz CT molecular complexity index is 1000. The summed E-state index contributed by atoms with van der Waals surface area (Å²) in [5.41, 5.74) is 2.78. The molecule has 4 nitrogen and oxygen atoms in total. The number of nitrogens with one attached hydrogen (secondary N) is 1. The number of rotatable bonds is 7. The van der Waals surface area contributed by atoms with Crippen molar-refractivity contribution in [3.63, 3.8) is 0 Å². The van der Waals surface area contributed by atoms with Crippen LogP contribution in [-0.4, -0.2) is 29.9 Å². The van der Waals surface area contributed by atoms with E-state index in [1.54, 1.807) is 0 Å². The van der Waals surface area contributed by atoms with Gasteiger partial charge in [0.2, 0.25) is 0 Å². The van der Waals surface area contributed by atoms with Crippen LogP contribution in [-0.2, 0) is 13.2 Å². The molecule has 31 heavy (non-hydrogen) atoms. The molecule has 1 saturated heterocycles. The van der Waals surface area contributed by atoms with Gasteiger partial charge in [0.1, 0.15) is 12.4 Å². The first-order valence-electron chi connectivity index (χ1n) is 10.7. The van der Waals surface area contributed by atoms with Crippen molar-refractivity contribution in [1.82, 2.24) is 10.2 Å². The minimum Gasteiger partial charge on any atom is -0.488 e. The molecule has 0 atom stereocenters. The molecule has 0 aliphatic carbocycles. The zero-order valence-electron chi connectivity index (χ0n) is 17.5. The number of halogens is 1. The third kappa shape index (κ3) is 5.87. The minimum absolute atomic E-state index is 0.0868. The lowest BCUT2D eigenvalue weighted by molar-refractivity contribution is 0.0904. The first-order valence-corrected chi connectivity index (χ1v) is 11.1. The molecular weight excluding hydrogens is 408 g/mol. The van der Waals surface area contributed by atoms with Gasteiger partial charge in [0.05, 0.1) is 5.56 Å². The van der Waals surface area contributed by atoms with Gasteiger partial charge in [-0.1, -0.05) is 72.3 Å². The lowest BCUT2D eigenvalue weighted by Gasteiger charge is -2.32. The first kappa shape index (κ1) is 21.4. The van der Waals surface area contributed by atoms with Crippen LogP contribution in [0.15, 0.2) is 78.9 Å². The summed E-state index contributed by atoms with van der Waals surface area (Å²) in [6, 6.07) is 25.6. The Kier molecular flexibility index (Phi) is 7.23. The second kappa shape index (κ2) is 10.5. The van der Waals surface area contributed by atoms with Crippen LogP contribution in [0.1, 0.15) is 34.3 Å². The van der Waals surface area contributed by atoms with Gasteiger partial charge < -0.3 is 10.1 Å². The van der Waals surface area contributed by atoms with E-state index in [0.29, 0.717) is 22.9 Å². The number of nitrogens with zero attached hydrogens (tertiary/aromatic N) is 1. The van der Waals surface area contributed by atoms with Crippen molar-refractivity contribution in [2.24, 2.45) is 0 Å². The highest BCUT2D eigenvalue weighted by atomic mass is 35.5. The Morgan fingerprint density at radius 3 is 2.39 bits per heavy atom. The number of hydrogen-bond acceptors (Lipinski definition) is 3. The van der Waals surface area contributed by atoms with E-state index >= 15 is 0 Å². The first-order chi connectivity index (χ1) is 15.2. The maximum Gasteiger partial charge on any atom is 0.255 e. The van der Waals surface area contributed by atoms with Crippen LogP contribution in [0.3, 0.4) is 0 Å². The topological polar surface area (TPSA) is 41.6 Å². The molecule has 0 aromatic heterocycles. The van der Waals surface area contributed by atoms with Crippen LogP contribution >= 0.6 is 11.6 Å². The molecule has 1 aliphatic heterocycles. The second-order valence-corrected chi connectivity index (χ2v) is 8.29. The van der Waals surface area contributed by atoms with Gasteiger partial charge in [0.25, 0.3) is 5.91 Å². The number of likely N-dealkylation sites (tertiary alicyclic amines) is 1. The van der Waals surface area contributed by atoms with Crippen LogP contribution < -0.4 is 10.1 Å². The summed E-state index contributed by atoms with van der Waals surface area (Å²) in [5, 5.41) is 3.86. The van der Waals surface area contributed by atoms with Crippen molar-refractivity contribution < 1.29 is 9.53 Å². The summed E-state index contributed by atoms with van der Waals surface area (Å²) >= 11 is 6.22. The van der Waals surface area contributed by atoms with Crippen LogP contribution in [0.2, 0.25) is 5.02 Å². The number of ether oxygens (including phenoxy) is 1.